The van der Waals surface area contributed by atoms with Gasteiger partial charge in [0.05, 0.1) is 0 Å². The number of hydrogen-bond donors (Lipinski definition) is 2. The molecule has 29 heavy (non-hydrogen) atoms. The highest BCUT2D eigenvalue weighted by Gasteiger charge is 2.15. The number of carbonyl (C=O) groups is 2. The Kier molecular flexibility index (Phi) is 6.02. The summed E-state index contributed by atoms with van der Waals surface area (Å²) in [5.41, 5.74) is 4.35. The highest BCUT2D eigenvalue weighted by atomic mass is 19.1. The van der Waals surface area contributed by atoms with Gasteiger partial charge in [0.15, 0.2) is 0 Å². The maximum Gasteiger partial charge on any atom is 0.274 e. The van der Waals surface area contributed by atoms with Gasteiger partial charge in [-0.2, -0.15) is 0 Å². The third kappa shape index (κ3) is 4.85. The van der Waals surface area contributed by atoms with Gasteiger partial charge in [-0.15, -0.1) is 0 Å². The molecule has 0 unspecified atom stereocenters. The molecule has 3 rings (SSSR count). The van der Waals surface area contributed by atoms with Gasteiger partial charge >= 0.3 is 0 Å². The van der Waals surface area contributed by atoms with Crippen LogP contribution in [0.15, 0.2) is 54.6 Å². The average Bonchev–Trinajstić information content (AvgIpc) is 2.69. The second kappa shape index (κ2) is 8.65. The Hall–Kier alpha value is -3.54. The molecule has 1 heterocycles. The van der Waals surface area contributed by atoms with Crippen LogP contribution in [0.2, 0.25) is 0 Å². The van der Waals surface area contributed by atoms with Gasteiger partial charge in [-0.3, -0.25) is 9.59 Å². The number of benzene rings is 2. The Bertz CT molecular complexity index is 1060. The van der Waals surface area contributed by atoms with Gasteiger partial charge in [0.25, 0.3) is 11.8 Å². The van der Waals surface area contributed by atoms with Crippen molar-refractivity contribution in [2.24, 2.45) is 0 Å². The molecule has 0 radical (unpaired) electrons. The summed E-state index contributed by atoms with van der Waals surface area (Å²) in [7, 11) is 0. The largest absolute Gasteiger partial charge is 0.347 e. The van der Waals surface area contributed by atoms with Crippen molar-refractivity contribution in [2.45, 2.75) is 27.3 Å². The van der Waals surface area contributed by atoms with Gasteiger partial charge in [-0.25, -0.2) is 9.37 Å². The predicted molar refractivity (Wildman–Crippen MR) is 110 cm³/mol. The molecule has 148 valence electrons. The smallest absolute Gasteiger partial charge is 0.274 e. The van der Waals surface area contributed by atoms with Gasteiger partial charge in [0, 0.05) is 17.8 Å². The summed E-state index contributed by atoms with van der Waals surface area (Å²) in [5, 5.41) is 5.49. The summed E-state index contributed by atoms with van der Waals surface area (Å²) >= 11 is 0. The number of nitrogens with one attached hydrogen (secondary N) is 2. The Morgan fingerprint density at radius 3 is 2.17 bits per heavy atom. The molecule has 5 nitrogen and oxygen atoms in total. The van der Waals surface area contributed by atoms with Crippen molar-refractivity contribution < 1.29 is 14.0 Å². The predicted octanol–water partition coefficient (Wildman–Crippen LogP) is 4.33. The van der Waals surface area contributed by atoms with E-state index < -0.39 is 17.6 Å². The van der Waals surface area contributed by atoms with E-state index >= 15 is 0 Å². The Labute approximate surface area is 169 Å². The zero-order chi connectivity index (χ0) is 21.0. The second-order valence-corrected chi connectivity index (χ2v) is 6.91. The van der Waals surface area contributed by atoms with Gasteiger partial charge in [0.1, 0.15) is 17.2 Å². The fourth-order valence-corrected chi connectivity index (χ4v) is 3.15. The van der Waals surface area contributed by atoms with Crippen LogP contribution in [0.5, 0.6) is 0 Å². The van der Waals surface area contributed by atoms with Crippen LogP contribution in [0.4, 0.5) is 10.1 Å². The van der Waals surface area contributed by atoms with E-state index in [2.05, 4.69) is 15.6 Å². The average molecular weight is 391 g/mol. The number of pyridine rings is 1. The first-order chi connectivity index (χ1) is 13.8. The lowest BCUT2D eigenvalue weighted by atomic mass is 10.0. The van der Waals surface area contributed by atoms with E-state index in [9.17, 15) is 14.0 Å². The molecule has 0 saturated heterocycles. The fraction of sp³-hybridized carbons (Fsp3) is 0.174. The van der Waals surface area contributed by atoms with E-state index in [0.717, 1.165) is 22.4 Å². The molecular formula is C23H22FN3O2. The third-order valence-electron chi connectivity index (χ3n) is 4.53. The van der Waals surface area contributed by atoms with Crippen LogP contribution in [-0.2, 0) is 6.54 Å². The van der Waals surface area contributed by atoms with Gasteiger partial charge in [-0.1, -0.05) is 42.0 Å². The van der Waals surface area contributed by atoms with Crippen molar-refractivity contribution in [3.63, 3.8) is 0 Å². The minimum atomic E-state index is -0.481. The molecule has 0 bridgehead atoms. The Morgan fingerprint density at radius 1 is 0.897 bits per heavy atom. The molecule has 2 amide bonds. The molecule has 6 heteroatoms. The van der Waals surface area contributed by atoms with Gasteiger partial charge in [0.2, 0.25) is 0 Å². The summed E-state index contributed by atoms with van der Waals surface area (Å²) in [6.07, 6.45) is 0. The highest BCUT2D eigenvalue weighted by Crippen LogP contribution is 2.22. The molecule has 0 aliphatic carbocycles. The summed E-state index contributed by atoms with van der Waals surface area (Å²) < 4.78 is 13.7. The number of halogens is 1. The fourth-order valence-electron chi connectivity index (χ4n) is 3.15. The van der Waals surface area contributed by atoms with Crippen LogP contribution in [0, 0.1) is 26.6 Å². The van der Waals surface area contributed by atoms with E-state index in [4.69, 9.17) is 0 Å². The van der Waals surface area contributed by atoms with Crippen molar-refractivity contribution >= 4 is 17.5 Å². The summed E-state index contributed by atoms with van der Waals surface area (Å²) in [6, 6.07) is 14.8. The summed E-state index contributed by atoms with van der Waals surface area (Å²) in [4.78, 5) is 29.2. The second-order valence-electron chi connectivity index (χ2n) is 6.91. The van der Waals surface area contributed by atoms with Crippen LogP contribution in [0.3, 0.4) is 0 Å². The number of anilines is 1. The molecule has 0 fully saturated rings. The standard InChI is InChI=1S/C23H22FN3O2/c1-14-11-15(2)21(16(3)12-14)27-23(29)20-10-6-9-19(26-20)22(28)25-13-17-7-4-5-8-18(17)24/h4-12H,13H2,1-3H3,(H,25,28)(H,27,29). The molecule has 0 spiro atoms. The van der Waals surface area contributed by atoms with Crippen LogP contribution < -0.4 is 10.6 Å². The molecular weight excluding hydrogens is 369 g/mol. The lowest BCUT2D eigenvalue weighted by molar-refractivity contribution is 0.0945. The molecule has 0 saturated carbocycles. The van der Waals surface area contributed by atoms with Crippen LogP contribution >= 0.6 is 0 Å². The number of aryl methyl sites for hydroxylation is 3. The molecule has 0 aliphatic heterocycles. The van der Waals surface area contributed by atoms with Crippen LogP contribution in [0.25, 0.3) is 0 Å². The SMILES string of the molecule is Cc1cc(C)c(NC(=O)c2cccc(C(=O)NCc3ccccc3F)n2)c(C)c1. The molecule has 2 aromatic carbocycles. The first-order valence-electron chi connectivity index (χ1n) is 9.23. The quantitative estimate of drug-likeness (QED) is 0.680. The lowest BCUT2D eigenvalue weighted by Crippen LogP contribution is -2.25. The summed E-state index contributed by atoms with van der Waals surface area (Å²) in [6.45, 7) is 5.88. The normalized spacial score (nSPS) is 10.5. The maximum absolute atomic E-state index is 13.7. The number of carbonyl (C=O) groups excluding carboxylic acids is 2. The van der Waals surface area contributed by atoms with Crippen molar-refractivity contribution in [1.82, 2.24) is 10.3 Å². The first-order valence-corrected chi connectivity index (χ1v) is 9.23. The topological polar surface area (TPSA) is 71.1 Å². The minimum Gasteiger partial charge on any atom is -0.347 e. The molecule has 0 aliphatic rings. The number of hydrogen-bond acceptors (Lipinski definition) is 3. The van der Waals surface area contributed by atoms with E-state index in [1.807, 2.05) is 32.9 Å². The zero-order valence-electron chi connectivity index (χ0n) is 16.5. The Balaban J connectivity index is 1.72. The van der Waals surface area contributed by atoms with E-state index in [1.54, 1.807) is 30.3 Å². The Morgan fingerprint density at radius 2 is 1.52 bits per heavy atom. The molecule has 0 atom stereocenters. The number of amides is 2. The van der Waals surface area contributed by atoms with Crippen molar-refractivity contribution in [3.8, 4) is 0 Å². The lowest BCUT2D eigenvalue weighted by Gasteiger charge is -2.13. The molecule has 2 N–H and O–H groups in total. The summed E-state index contributed by atoms with van der Waals surface area (Å²) in [5.74, 6) is -1.27. The third-order valence-corrected chi connectivity index (χ3v) is 4.53. The van der Waals surface area contributed by atoms with E-state index in [0.29, 0.717) is 5.56 Å². The monoisotopic (exact) mass is 391 g/mol. The number of rotatable bonds is 5. The molecule has 3 aromatic rings. The van der Waals surface area contributed by atoms with E-state index in [-0.39, 0.29) is 17.9 Å². The molecule has 1 aromatic heterocycles. The first kappa shape index (κ1) is 20.2. The zero-order valence-corrected chi connectivity index (χ0v) is 16.5. The van der Waals surface area contributed by atoms with E-state index in [1.165, 1.54) is 12.1 Å². The van der Waals surface area contributed by atoms with Crippen molar-refractivity contribution in [1.29, 1.82) is 0 Å². The van der Waals surface area contributed by atoms with Crippen LogP contribution in [-0.4, -0.2) is 16.8 Å². The number of nitrogens with zero attached hydrogens (tertiary/aromatic N) is 1. The highest BCUT2D eigenvalue weighted by molar-refractivity contribution is 6.04. The van der Waals surface area contributed by atoms with Crippen LogP contribution in [0.1, 0.15) is 43.2 Å². The number of aromatic nitrogens is 1. The van der Waals surface area contributed by atoms with Crippen molar-refractivity contribution in [3.05, 3.63) is 94.1 Å². The van der Waals surface area contributed by atoms with Gasteiger partial charge < -0.3 is 10.6 Å². The maximum atomic E-state index is 13.7. The minimum absolute atomic E-state index is 0.0331. The van der Waals surface area contributed by atoms with Crippen molar-refractivity contribution in [2.75, 3.05) is 5.32 Å². The van der Waals surface area contributed by atoms with Gasteiger partial charge in [-0.05, 0) is 50.1 Å².